The molecule has 21 heavy (non-hydrogen) atoms. The number of anilines is 2. The van der Waals surface area contributed by atoms with Crippen molar-refractivity contribution < 1.29 is 4.79 Å². The highest BCUT2D eigenvalue weighted by molar-refractivity contribution is 7.20. The number of fused-ring (bicyclic) bond motifs is 1. The lowest BCUT2D eigenvalue weighted by atomic mass is 10.2. The number of hydrogen-bond donors (Lipinski definition) is 2. The van der Waals surface area contributed by atoms with E-state index >= 15 is 0 Å². The number of halogens is 1. The number of rotatable bonds is 2. The van der Waals surface area contributed by atoms with Crippen LogP contribution in [0.15, 0.2) is 42.5 Å². The molecule has 3 N–H and O–H groups in total. The van der Waals surface area contributed by atoms with E-state index in [1.165, 1.54) is 11.3 Å². The fourth-order valence-electron chi connectivity index (χ4n) is 2.12. The van der Waals surface area contributed by atoms with E-state index in [-0.39, 0.29) is 5.91 Å². The molecule has 0 aliphatic carbocycles. The van der Waals surface area contributed by atoms with E-state index in [9.17, 15) is 4.79 Å². The quantitative estimate of drug-likeness (QED) is 0.673. The van der Waals surface area contributed by atoms with E-state index in [1.54, 1.807) is 12.1 Å². The minimum Gasteiger partial charge on any atom is -0.399 e. The molecule has 1 heterocycles. The van der Waals surface area contributed by atoms with Crippen molar-refractivity contribution in [2.24, 2.45) is 0 Å². The summed E-state index contributed by atoms with van der Waals surface area (Å²) in [7, 11) is 0. The molecule has 1 amide bonds. The van der Waals surface area contributed by atoms with E-state index < -0.39 is 0 Å². The Morgan fingerprint density at radius 1 is 1.19 bits per heavy atom. The summed E-state index contributed by atoms with van der Waals surface area (Å²) in [6.45, 7) is 1.91. The lowest BCUT2D eigenvalue weighted by Gasteiger charge is -2.07. The second-order valence-electron chi connectivity index (χ2n) is 4.82. The van der Waals surface area contributed by atoms with Crippen molar-refractivity contribution in [2.75, 3.05) is 11.1 Å². The molecule has 0 aliphatic heterocycles. The molecule has 0 aliphatic rings. The first-order chi connectivity index (χ1) is 10.0. The van der Waals surface area contributed by atoms with Gasteiger partial charge >= 0.3 is 0 Å². The molecule has 0 atom stereocenters. The number of nitrogens with two attached hydrogens (primary N) is 1. The maximum Gasteiger partial charge on any atom is 0.265 e. The van der Waals surface area contributed by atoms with Gasteiger partial charge in [-0.2, -0.15) is 0 Å². The van der Waals surface area contributed by atoms with Gasteiger partial charge < -0.3 is 11.1 Å². The van der Waals surface area contributed by atoms with Crippen LogP contribution in [-0.2, 0) is 0 Å². The lowest BCUT2D eigenvalue weighted by molar-refractivity contribution is 0.103. The highest BCUT2D eigenvalue weighted by Gasteiger charge is 2.12. The molecule has 0 bridgehead atoms. The molecular formula is C16H13ClN2OS. The van der Waals surface area contributed by atoms with Crippen molar-refractivity contribution in [3.63, 3.8) is 0 Å². The summed E-state index contributed by atoms with van der Waals surface area (Å²) < 4.78 is 1.04. The molecule has 2 aromatic carbocycles. The number of amides is 1. The van der Waals surface area contributed by atoms with Crippen molar-refractivity contribution >= 4 is 50.3 Å². The largest absolute Gasteiger partial charge is 0.399 e. The molecule has 0 saturated heterocycles. The third kappa shape index (κ3) is 2.86. The Hall–Kier alpha value is -2.04. The van der Waals surface area contributed by atoms with Crippen molar-refractivity contribution in [2.45, 2.75) is 6.92 Å². The smallest absolute Gasteiger partial charge is 0.265 e. The highest BCUT2D eigenvalue weighted by atomic mass is 35.5. The number of aryl methyl sites for hydroxylation is 1. The SMILES string of the molecule is Cc1cc(Cl)ccc1NC(=O)c1cc2cc(N)ccc2s1. The van der Waals surface area contributed by atoms with Gasteiger partial charge in [0, 0.05) is 21.1 Å². The predicted octanol–water partition coefficient (Wildman–Crippen LogP) is 4.70. The number of nitrogen functional groups attached to an aromatic ring is 1. The van der Waals surface area contributed by atoms with E-state index in [4.69, 9.17) is 17.3 Å². The van der Waals surface area contributed by atoms with Crippen LogP contribution < -0.4 is 11.1 Å². The average Bonchev–Trinajstić information content (AvgIpc) is 2.85. The number of nitrogens with one attached hydrogen (secondary N) is 1. The van der Waals surface area contributed by atoms with Crippen molar-refractivity contribution in [1.82, 2.24) is 0 Å². The van der Waals surface area contributed by atoms with Gasteiger partial charge in [-0.1, -0.05) is 11.6 Å². The van der Waals surface area contributed by atoms with Gasteiger partial charge in [0.25, 0.3) is 5.91 Å². The maximum absolute atomic E-state index is 12.3. The highest BCUT2D eigenvalue weighted by Crippen LogP contribution is 2.28. The minimum atomic E-state index is -0.125. The van der Waals surface area contributed by atoms with Crippen LogP contribution in [-0.4, -0.2) is 5.91 Å². The van der Waals surface area contributed by atoms with Gasteiger partial charge in [0.05, 0.1) is 4.88 Å². The predicted molar refractivity (Wildman–Crippen MR) is 90.4 cm³/mol. The summed E-state index contributed by atoms with van der Waals surface area (Å²) in [6, 6.07) is 12.9. The maximum atomic E-state index is 12.3. The summed E-state index contributed by atoms with van der Waals surface area (Å²) in [5.74, 6) is -0.125. The van der Waals surface area contributed by atoms with Crippen molar-refractivity contribution in [1.29, 1.82) is 0 Å². The number of benzene rings is 2. The first-order valence-corrected chi connectivity index (χ1v) is 7.59. The second kappa shape index (κ2) is 5.39. The standard InChI is InChI=1S/C16H13ClN2OS/c1-9-6-11(17)2-4-13(9)19-16(20)15-8-10-7-12(18)3-5-14(10)21-15/h2-8H,18H2,1H3,(H,19,20). The zero-order valence-electron chi connectivity index (χ0n) is 11.3. The first-order valence-electron chi connectivity index (χ1n) is 6.39. The van der Waals surface area contributed by atoms with Crippen LogP contribution in [0.5, 0.6) is 0 Å². The molecule has 1 aromatic heterocycles. The molecule has 0 unspecified atom stereocenters. The van der Waals surface area contributed by atoms with Crippen LogP contribution in [0.3, 0.4) is 0 Å². The Morgan fingerprint density at radius 2 is 2.00 bits per heavy atom. The van der Waals surface area contributed by atoms with Gasteiger partial charge in [-0.15, -0.1) is 11.3 Å². The molecule has 5 heteroatoms. The number of thiophene rings is 1. The Kier molecular flexibility index (Phi) is 3.57. The topological polar surface area (TPSA) is 55.1 Å². The first kappa shape index (κ1) is 13.9. The van der Waals surface area contributed by atoms with Crippen LogP contribution in [0.25, 0.3) is 10.1 Å². The molecule has 0 saturated carbocycles. The zero-order chi connectivity index (χ0) is 15.0. The average molecular weight is 317 g/mol. The fourth-order valence-corrected chi connectivity index (χ4v) is 3.29. The molecule has 106 valence electrons. The van der Waals surface area contributed by atoms with Crippen molar-refractivity contribution in [3.05, 3.63) is 57.9 Å². The minimum absolute atomic E-state index is 0.125. The Balaban J connectivity index is 1.89. The van der Waals surface area contributed by atoms with Gasteiger partial charge in [0.1, 0.15) is 0 Å². The molecule has 3 aromatic rings. The summed E-state index contributed by atoms with van der Waals surface area (Å²) in [4.78, 5) is 13.0. The molecule has 0 fully saturated rings. The second-order valence-corrected chi connectivity index (χ2v) is 6.34. The number of carbonyl (C=O) groups excluding carboxylic acids is 1. The third-order valence-corrected chi connectivity index (χ3v) is 4.55. The summed E-state index contributed by atoms with van der Waals surface area (Å²) in [5, 5.41) is 4.55. The van der Waals surface area contributed by atoms with E-state index in [0.717, 1.165) is 21.3 Å². The number of carbonyl (C=O) groups is 1. The monoisotopic (exact) mass is 316 g/mol. The molecule has 3 rings (SSSR count). The molecule has 0 radical (unpaired) electrons. The van der Waals surface area contributed by atoms with E-state index in [0.29, 0.717) is 15.6 Å². The summed E-state index contributed by atoms with van der Waals surface area (Å²) in [5.41, 5.74) is 8.15. The fraction of sp³-hybridized carbons (Fsp3) is 0.0625. The Morgan fingerprint density at radius 3 is 2.76 bits per heavy atom. The van der Waals surface area contributed by atoms with Gasteiger partial charge in [-0.05, 0) is 60.3 Å². The van der Waals surface area contributed by atoms with Gasteiger partial charge in [0.2, 0.25) is 0 Å². The molecule has 0 spiro atoms. The molecular weight excluding hydrogens is 304 g/mol. The molecule has 3 nitrogen and oxygen atoms in total. The summed E-state index contributed by atoms with van der Waals surface area (Å²) in [6.07, 6.45) is 0. The normalized spacial score (nSPS) is 10.8. The van der Waals surface area contributed by atoms with Gasteiger partial charge in [0.15, 0.2) is 0 Å². The Bertz CT molecular complexity index is 841. The van der Waals surface area contributed by atoms with Crippen LogP contribution >= 0.6 is 22.9 Å². The summed E-state index contributed by atoms with van der Waals surface area (Å²) >= 11 is 7.36. The zero-order valence-corrected chi connectivity index (χ0v) is 12.9. The van der Waals surface area contributed by atoms with Crippen molar-refractivity contribution in [3.8, 4) is 0 Å². The lowest BCUT2D eigenvalue weighted by Crippen LogP contribution is -2.10. The van der Waals surface area contributed by atoms with Crippen LogP contribution in [0.2, 0.25) is 5.02 Å². The van der Waals surface area contributed by atoms with E-state index in [2.05, 4.69) is 5.32 Å². The van der Waals surface area contributed by atoms with Crippen LogP contribution in [0.1, 0.15) is 15.2 Å². The van der Waals surface area contributed by atoms with E-state index in [1.807, 2.05) is 37.3 Å². The Labute approximate surface area is 131 Å². The number of hydrogen-bond acceptors (Lipinski definition) is 3. The van der Waals surface area contributed by atoms with Gasteiger partial charge in [-0.25, -0.2) is 0 Å². The third-order valence-electron chi connectivity index (χ3n) is 3.20. The van der Waals surface area contributed by atoms with Crippen LogP contribution in [0.4, 0.5) is 11.4 Å². The van der Waals surface area contributed by atoms with Crippen LogP contribution in [0, 0.1) is 6.92 Å². The van der Waals surface area contributed by atoms with Gasteiger partial charge in [-0.3, -0.25) is 4.79 Å².